The van der Waals surface area contributed by atoms with Gasteiger partial charge in [-0.25, -0.2) is 8.42 Å². The summed E-state index contributed by atoms with van der Waals surface area (Å²) < 4.78 is 27.8. The van der Waals surface area contributed by atoms with Gasteiger partial charge in [0.2, 0.25) is 10.0 Å². The summed E-state index contributed by atoms with van der Waals surface area (Å²) in [4.78, 5) is 32.3. The maximum absolute atomic E-state index is 13.5. The molecule has 0 bridgehead atoms. The standard InChI is InChI=1S/C27H36N4O4S2/c1-2-29-18-13-22-23(19-29)36-26(24(22)27(33)30-14-7-8-15-30)28-25(32)20-9-11-21(12-10-20)37(34,35)31-16-5-3-4-6-17-31/h9-12H,2-8,13-19H2,1H3,(H,28,32). The van der Waals surface area contributed by atoms with Crippen molar-refractivity contribution >= 4 is 38.2 Å². The minimum Gasteiger partial charge on any atom is -0.339 e. The first-order valence-corrected chi connectivity index (χ1v) is 15.7. The molecule has 1 aromatic heterocycles. The molecule has 0 saturated carbocycles. The highest BCUT2D eigenvalue weighted by Gasteiger charge is 2.32. The van der Waals surface area contributed by atoms with Crippen LogP contribution < -0.4 is 5.32 Å². The topological polar surface area (TPSA) is 90.0 Å². The summed E-state index contributed by atoms with van der Waals surface area (Å²) in [6.07, 6.45) is 6.67. The van der Waals surface area contributed by atoms with Gasteiger partial charge in [0.25, 0.3) is 11.8 Å². The Morgan fingerprint density at radius 2 is 1.57 bits per heavy atom. The number of thiophene rings is 1. The lowest BCUT2D eigenvalue weighted by molar-refractivity contribution is 0.0792. The normalized spacial score (nSPS) is 19.4. The Hall–Kier alpha value is -2.27. The predicted octanol–water partition coefficient (Wildman–Crippen LogP) is 4.18. The van der Waals surface area contributed by atoms with Crippen LogP contribution in [0.25, 0.3) is 0 Å². The van der Waals surface area contributed by atoms with Crippen LogP contribution in [0, 0.1) is 0 Å². The van der Waals surface area contributed by atoms with E-state index < -0.39 is 10.0 Å². The summed E-state index contributed by atoms with van der Waals surface area (Å²) in [5, 5.41) is 3.61. The molecule has 3 aliphatic heterocycles. The molecule has 5 rings (SSSR count). The number of likely N-dealkylation sites (N-methyl/N-ethyl adjacent to an activating group) is 1. The average Bonchev–Trinajstić information content (AvgIpc) is 3.47. The van der Waals surface area contributed by atoms with Crippen molar-refractivity contribution in [2.45, 2.75) is 63.3 Å². The minimum atomic E-state index is -3.58. The molecule has 2 fully saturated rings. The summed E-state index contributed by atoms with van der Waals surface area (Å²) in [6.45, 7) is 7.36. The quantitative estimate of drug-likeness (QED) is 0.589. The highest BCUT2D eigenvalue weighted by Crippen LogP contribution is 2.38. The number of hydrogen-bond donors (Lipinski definition) is 1. The molecule has 0 aliphatic carbocycles. The lowest BCUT2D eigenvalue weighted by atomic mass is 10.0. The number of fused-ring (bicyclic) bond motifs is 1. The third kappa shape index (κ3) is 5.48. The Labute approximate surface area is 223 Å². The van der Waals surface area contributed by atoms with Crippen molar-refractivity contribution in [1.29, 1.82) is 0 Å². The first-order valence-electron chi connectivity index (χ1n) is 13.5. The van der Waals surface area contributed by atoms with Crippen LogP contribution >= 0.6 is 11.3 Å². The molecule has 3 aliphatic rings. The second kappa shape index (κ2) is 11.2. The largest absolute Gasteiger partial charge is 0.339 e. The Bertz CT molecular complexity index is 1240. The molecule has 0 radical (unpaired) electrons. The number of hydrogen-bond acceptors (Lipinski definition) is 6. The van der Waals surface area contributed by atoms with Crippen molar-refractivity contribution in [2.75, 3.05) is 44.6 Å². The van der Waals surface area contributed by atoms with E-state index >= 15 is 0 Å². The number of rotatable bonds is 6. The maximum Gasteiger partial charge on any atom is 0.257 e. The van der Waals surface area contributed by atoms with Crippen LogP contribution in [0.3, 0.4) is 0 Å². The van der Waals surface area contributed by atoms with Crippen LogP contribution in [0.1, 0.15) is 76.6 Å². The molecular weight excluding hydrogens is 508 g/mol. The van der Waals surface area contributed by atoms with Crippen molar-refractivity contribution in [3.63, 3.8) is 0 Å². The first kappa shape index (κ1) is 26.3. The number of benzene rings is 1. The molecule has 2 saturated heterocycles. The summed E-state index contributed by atoms with van der Waals surface area (Å²) >= 11 is 1.50. The van der Waals surface area contributed by atoms with Gasteiger partial charge < -0.3 is 10.2 Å². The lowest BCUT2D eigenvalue weighted by Gasteiger charge is -2.26. The second-order valence-corrected chi connectivity index (χ2v) is 13.2. The van der Waals surface area contributed by atoms with Gasteiger partial charge in [0, 0.05) is 49.7 Å². The zero-order chi connectivity index (χ0) is 26.0. The molecule has 2 aromatic rings. The van der Waals surface area contributed by atoms with E-state index in [-0.39, 0.29) is 16.7 Å². The van der Waals surface area contributed by atoms with E-state index in [0.717, 1.165) is 88.1 Å². The molecule has 0 unspecified atom stereocenters. The number of sulfonamides is 1. The summed E-state index contributed by atoms with van der Waals surface area (Å²) in [7, 11) is -3.58. The Balaban J connectivity index is 1.37. The molecule has 200 valence electrons. The monoisotopic (exact) mass is 544 g/mol. The average molecular weight is 545 g/mol. The van der Waals surface area contributed by atoms with Crippen LogP contribution in [0.4, 0.5) is 5.00 Å². The number of carbonyl (C=O) groups is 2. The zero-order valence-corrected chi connectivity index (χ0v) is 23.1. The van der Waals surface area contributed by atoms with Crippen LogP contribution in [-0.4, -0.2) is 73.6 Å². The number of anilines is 1. The van der Waals surface area contributed by atoms with E-state index in [4.69, 9.17) is 0 Å². The molecule has 1 N–H and O–H groups in total. The van der Waals surface area contributed by atoms with Gasteiger partial charge in [-0.1, -0.05) is 19.8 Å². The Morgan fingerprint density at radius 3 is 2.22 bits per heavy atom. The summed E-state index contributed by atoms with van der Waals surface area (Å²) in [6, 6.07) is 6.16. The zero-order valence-electron chi connectivity index (χ0n) is 21.5. The smallest absolute Gasteiger partial charge is 0.257 e. The van der Waals surface area contributed by atoms with E-state index in [1.807, 2.05) is 4.90 Å². The molecule has 2 amide bonds. The van der Waals surface area contributed by atoms with E-state index in [2.05, 4.69) is 17.1 Å². The highest BCUT2D eigenvalue weighted by atomic mass is 32.2. The molecule has 4 heterocycles. The van der Waals surface area contributed by atoms with Gasteiger partial charge in [0.1, 0.15) is 5.00 Å². The molecule has 0 spiro atoms. The van der Waals surface area contributed by atoms with Crippen molar-refractivity contribution in [3.05, 3.63) is 45.8 Å². The fourth-order valence-corrected chi connectivity index (χ4v) is 8.30. The molecule has 8 nitrogen and oxygen atoms in total. The Morgan fingerprint density at radius 1 is 0.919 bits per heavy atom. The fraction of sp³-hybridized carbons (Fsp3) is 0.556. The van der Waals surface area contributed by atoms with Crippen LogP contribution in [0.15, 0.2) is 29.2 Å². The SMILES string of the molecule is CCN1CCc2c(sc(NC(=O)c3ccc(S(=O)(=O)N4CCCCCC4)cc3)c2C(=O)N2CCCC2)C1. The van der Waals surface area contributed by atoms with Gasteiger partial charge in [-0.15, -0.1) is 11.3 Å². The fourth-order valence-electron chi connectivity index (χ4n) is 5.50. The molecule has 0 atom stereocenters. The van der Waals surface area contributed by atoms with Gasteiger partial charge in [0.05, 0.1) is 10.5 Å². The lowest BCUT2D eigenvalue weighted by Crippen LogP contribution is -2.32. The van der Waals surface area contributed by atoms with Crippen LogP contribution in [0.2, 0.25) is 0 Å². The molecule has 1 aromatic carbocycles. The van der Waals surface area contributed by atoms with Gasteiger partial charge in [-0.05, 0) is 68.5 Å². The minimum absolute atomic E-state index is 0.00846. The third-order valence-electron chi connectivity index (χ3n) is 7.74. The van der Waals surface area contributed by atoms with Crippen LogP contribution in [-0.2, 0) is 23.0 Å². The number of carbonyl (C=O) groups excluding carboxylic acids is 2. The third-order valence-corrected chi connectivity index (χ3v) is 10.8. The number of nitrogens with zero attached hydrogens (tertiary/aromatic N) is 3. The van der Waals surface area contributed by atoms with Crippen LogP contribution in [0.5, 0.6) is 0 Å². The van der Waals surface area contributed by atoms with Crippen molar-refractivity contribution in [3.8, 4) is 0 Å². The summed E-state index contributed by atoms with van der Waals surface area (Å²) in [5.74, 6) is -0.325. The first-order chi connectivity index (χ1) is 17.9. The predicted molar refractivity (Wildman–Crippen MR) is 146 cm³/mol. The number of nitrogens with one attached hydrogen (secondary N) is 1. The van der Waals surface area contributed by atoms with E-state index in [1.165, 1.54) is 23.5 Å². The Kier molecular flexibility index (Phi) is 7.99. The van der Waals surface area contributed by atoms with Crippen molar-refractivity contribution < 1.29 is 18.0 Å². The van der Waals surface area contributed by atoms with Gasteiger partial charge in [0.15, 0.2) is 0 Å². The van der Waals surface area contributed by atoms with E-state index in [9.17, 15) is 18.0 Å². The highest BCUT2D eigenvalue weighted by molar-refractivity contribution is 7.89. The summed E-state index contributed by atoms with van der Waals surface area (Å²) in [5.41, 5.74) is 2.09. The molecular formula is C27H36N4O4S2. The van der Waals surface area contributed by atoms with E-state index in [1.54, 1.807) is 16.4 Å². The molecule has 37 heavy (non-hydrogen) atoms. The van der Waals surface area contributed by atoms with Crippen molar-refractivity contribution in [1.82, 2.24) is 14.1 Å². The van der Waals surface area contributed by atoms with Gasteiger partial charge >= 0.3 is 0 Å². The van der Waals surface area contributed by atoms with E-state index in [0.29, 0.717) is 29.2 Å². The second-order valence-electron chi connectivity index (χ2n) is 10.1. The maximum atomic E-state index is 13.5. The molecule has 10 heteroatoms. The van der Waals surface area contributed by atoms with Gasteiger partial charge in [-0.2, -0.15) is 4.31 Å². The number of amides is 2. The van der Waals surface area contributed by atoms with Crippen molar-refractivity contribution in [2.24, 2.45) is 0 Å². The number of likely N-dealkylation sites (tertiary alicyclic amines) is 1. The van der Waals surface area contributed by atoms with Gasteiger partial charge in [-0.3, -0.25) is 14.5 Å².